The molecular weight excluding hydrogens is 302 g/mol. The fourth-order valence-corrected chi connectivity index (χ4v) is 2.87. The monoisotopic (exact) mass is 325 g/mol. The SMILES string of the molecule is Cc1cc(C)cc(C[C@@H](CC(=O)O)C(=O)NCc2ccccc2)c1. The van der Waals surface area contributed by atoms with E-state index in [0.29, 0.717) is 13.0 Å². The second-order valence-corrected chi connectivity index (χ2v) is 6.20. The first kappa shape index (κ1) is 17.7. The Morgan fingerprint density at radius 3 is 2.21 bits per heavy atom. The van der Waals surface area contributed by atoms with Gasteiger partial charge in [-0.05, 0) is 31.4 Å². The van der Waals surface area contributed by atoms with E-state index in [1.54, 1.807) is 0 Å². The molecule has 4 heteroatoms. The number of aryl methyl sites for hydroxylation is 2. The van der Waals surface area contributed by atoms with Crippen LogP contribution in [0.3, 0.4) is 0 Å². The normalized spacial score (nSPS) is 11.8. The van der Waals surface area contributed by atoms with Crippen LogP contribution in [0.2, 0.25) is 0 Å². The molecule has 2 aromatic rings. The van der Waals surface area contributed by atoms with E-state index >= 15 is 0 Å². The Bertz CT molecular complexity index is 690. The van der Waals surface area contributed by atoms with Gasteiger partial charge in [0.15, 0.2) is 0 Å². The number of carboxylic acids is 1. The van der Waals surface area contributed by atoms with Crippen LogP contribution in [-0.2, 0) is 22.6 Å². The second kappa shape index (κ2) is 8.29. The molecular formula is C20H23NO3. The summed E-state index contributed by atoms with van der Waals surface area (Å²) in [5, 5.41) is 12.0. The van der Waals surface area contributed by atoms with Crippen LogP contribution in [0.15, 0.2) is 48.5 Å². The van der Waals surface area contributed by atoms with E-state index in [9.17, 15) is 9.59 Å². The molecule has 2 N–H and O–H groups in total. The molecule has 0 unspecified atom stereocenters. The van der Waals surface area contributed by atoms with Crippen molar-refractivity contribution in [1.29, 1.82) is 0 Å². The first-order valence-corrected chi connectivity index (χ1v) is 8.04. The van der Waals surface area contributed by atoms with Crippen molar-refractivity contribution in [2.24, 2.45) is 5.92 Å². The van der Waals surface area contributed by atoms with Gasteiger partial charge in [0, 0.05) is 6.54 Å². The van der Waals surface area contributed by atoms with E-state index in [4.69, 9.17) is 5.11 Å². The van der Waals surface area contributed by atoms with Gasteiger partial charge < -0.3 is 10.4 Å². The van der Waals surface area contributed by atoms with Gasteiger partial charge in [-0.3, -0.25) is 9.59 Å². The van der Waals surface area contributed by atoms with E-state index in [-0.39, 0.29) is 12.3 Å². The Labute approximate surface area is 142 Å². The zero-order chi connectivity index (χ0) is 17.5. The molecule has 2 rings (SSSR count). The van der Waals surface area contributed by atoms with Gasteiger partial charge in [0.25, 0.3) is 0 Å². The van der Waals surface area contributed by atoms with Gasteiger partial charge in [0.2, 0.25) is 5.91 Å². The number of carbonyl (C=O) groups excluding carboxylic acids is 1. The summed E-state index contributed by atoms with van der Waals surface area (Å²) in [5.41, 5.74) is 4.22. The summed E-state index contributed by atoms with van der Waals surface area (Å²) in [6.45, 7) is 4.40. The zero-order valence-electron chi connectivity index (χ0n) is 14.1. The number of benzene rings is 2. The molecule has 0 aliphatic carbocycles. The highest BCUT2D eigenvalue weighted by Crippen LogP contribution is 2.17. The zero-order valence-corrected chi connectivity index (χ0v) is 14.1. The molecule has 0 spiro atoms. The lowest BCUT2D eigenvalue weighted by atomic mass is 9.93. The average Bonchev–Trinajstić information content (AvgIpc) is 2.51. The fourth-order valence-electron chi connectivity index (χ4n) is 2.87. The number of aliphatic carboxylic acids is 1. The predicted molar refractivity (Wildman–Crippen MR) is 93.7 cm³/mol. The Kier molecular flexibility index (Phi) is 6.13. The van der Waals surface area contributed by atoms with Crippen molar-refractivity contribution in [2.45, 2.75) is 33.2 Å². The van der Waals surface area contributed by atoms with Crippen LogP contribution in [0.25, 0.3) is 0 Å². The first-order chi connectivity index (χ1) is 11.4. The summed E-state index contributed by atoms with van der Waals surface area (Å²) >= 11 is 0. The maximum absolute atomic E-state index is 12.5. The van der Waals surface area contributed by atoms with E-state index in [0.717, 1.165) is 22.3 Å². The molecule has 0 aromatic heterocycles. The predicted octanol–water partition coefficient (Wildman–Crippen LogP) is 3.25. The summed E-state index contributed by atoms with van der Waals surface area (Å²) < 4.78 is 0. The van der Waals surface area contributed by atoms with Crippen molar-refractivity contribution in [3.8, 4) is 0 Å². The number of hydrogen-bond donors (Lipinski definition) is 2. The number of amides is 1. The molecule has 24 heavy (non-hydrogen) atoms. The van der Waals surface area contributed by atoms with Gasteiger partial charge in [0.1, 0.15) is 0 Å². The van der Waals surface area contributed by atoms with E-state index in [2.05, 4.69) is 11.4 Å². The van der Waals surface area contributed by atoms with Crippen LogP contribution in [0.1, 0.15) is 28.7 Å². The van der Waals surface area contributed by atoms with Gasteiger partial charge in [-0.25, -0.2) is 0 Å². The summed E-state index contributed by atoms with van der Waals surface area (Å²) in [6.07, 6.45) is 0.253. The minimum Gasteiger partial charge on any atom is -0.481 e. The lowest BCUT2D eigenvalue weighted by Gasteiger charge is -2.16. The highest BCUT2D eigenvalue weighted by Gasteiger charge is 2.22. The van der Waals surface area contributed by atoms with Crippen LogP contribution in [0.5, 0.6) is 0 Å². The molecule has 126 valence electrons. The first-order valence-electron chi connectivity index (χ1n) is 8.04. The molecule has 0 aliphatic rings. The molecule has 0 bridgehead atoms. The van der Waals surface area contributed by atoms with E-state index in [1.165, 1.54) is 0 Å². The Morgan fingerprint density at radius 1 is 1.00 bits per heavy atom. The van der Waals surface area contributed by atoms with Crippen molar-refractivity contribution in [3.05, 3.63) is 70.8 Å². The summed E-state index contributed by atoms with van der Waals surface area (Å²) in [5.74, 6) is -1.76. The van der Waals surface area contributed by atoms with Crippen LogP contribution >= 0.6 is 0 Å². The van der Waals surface area contributed by atoms with Crippen molar-refractivity contribution < 1.29 is 14.7 Å². The lowest BCUT2D eigenvalue weighted by molar-refractivity contribution is -0.141. The third kappa shape index (κ3) is 5.54. The molecule has 1 amide bonds. The Hall–Kier alpha value is -2.62. The molecule has 0 fully saturated rings. The van der Waals surface area contributed by atoms with Crippen LogP contribution in [0.4, 0.5) is 0 Å². The van der Waals surface area contributed by atoms with Crippen molar-refractivity contribution in [1.82, 2.24) is 5.32 Å². The molecule has 2 aromatic carbocycles. The number of hydrogen-bond acceptors (Lipinski definition) is 2. The third-order valence-corrected chi connectivity index (χ3v) is 3.86. The van der Waals surface area contributed by atoms with Gasteiger partial charge in [-0.15, -0.1) is 0 Å². The summed E-state index contributed by atoms with van der Waals surface area (Å²) in [7, 11) is 0. The maximum Gasteiger partial charge on any atom is 0.304 e. The molecule has 0 radical (unpaired) electrons. The highest BCUT2D eigenvalue weighted by molar-refractivity contribution is 5.83. The number of carbonyl (C=O) groups is 2. The molecule has 0 saturated heterocycles. The lowest BCUT2D eigenvalue weighted by Crippen LogP contribution is -2.33. The Morgan fingerprint density at radius 2 is 1.62 bits per heavy atom. The standard InChI is InChI=1S/C20H23NO3/c1-14-8-15(2)10-17(9-14)11-18(12-19(22)23)20(24)21-13-16-6-4-3-5-7-16/h3-10,18H,11-13H2,1-2H3,(H,21,24)(H,22,23)/t18-/m0/s1. The number of rotatable bonds is 7. The van der Waals surface area contributed by atoms with E-state index < -0.39 is 11.9 Å². The highest BCUT2D eigenvalue weighted by atomic mass is 16.4. The topological polar surface area (TPSA) is 66.4 Å². The Balaban J connectivity index is 2.06. The molecule has 0 heterocycles. The summed E-state index contributed by atoms with van der Waals surface area (Å²) in [4.78, 5) is 23.6. The van der Waals surface area contributed by atoms with Gasteiger partial charge in [0.05, 0.1) is 12.3 Å². The van der Waals surface area contributed by atoms with Crippen molar-refractivity contribution >= 4 is 11.9 Å². The summed E-state index contributed by atoms with van der Waals surface area (Å²) in [6, 6.07) is 15.7. The van der Waals surface area contributed by atoms with Crippen LogP contribution in [0, 0.1) is 19.8 Å². The molecule has 0 saturated carbocycles. The quantitative estimate of drug-likeness (QED) is 0.821. The number of carboxylic acid groups (broad SMARTS) is 1. The minimum atomic E-state index is -0.959. The smallest absolute Gasteiger partial charge is 0.304 e. The van der Waals surface area contributed by atoms with E-state index in [1.807, 2.05) is 56.3 Å². The molecule has 1 atom stereocenters. The number of nitrogens with one attached hydrogen (secondary N) is 1. The van der Waals surface area contributed by atoms with Gasteiger partial charge in [-0.2, -0.15) is 0 Å². The van der Waals surface area contributed by atoms with Crippen molar-refractivity contribution in [2.75, 3.05) is 0 Å². The molecule has 0 aliphatic heterocycles. The van der Waals surface area contributed by atoms with Crippen LogP contribution in [-0.4, -0.2) is 17.0 Å². The third-order valence-electron chi connectivity index (χ3n) is 3.86. The van der Waals surface area contributed by atoms with Crippen molar-refractivity contribution in [3.63, 3.8) is 0 Å². The average molecular weight is 325 g/mol. The second-order valence-electron chi connectivity index (χ2n) is 6.20. The largest absolute Gasteiger partial charge is 0.481 e. The fraction of sp³-hybridized carbons (Fsp3) is 0.300. The maximum atomic E-state index is 12.5. The van der Waals surface area contributed by atoms with Gasteiger partial charge in [-0.1, -0.05) is 59.7 Å². The van der Waals surface area contributed by atoms with Crippen LogP contribution < -0.4 is 5.32 Å². The van der Waals surface area contributed by atoms with Gasteiger partial charge >= 0.3 is 5.97 Å². The minimum absolute atomic E-state index is 0.173. The molecule has 4 nitrogen and oxygen atoms in total.